The Hall–Kier alpha value is -1.27. The molecule has 3 heteroatoms. The molecule has 0 radical (unpaired) electrons. The molecule has 1 amide bonds. The van der Waals surface area contributed by atoms with E-state index in [0.29, 0.717) is 6.54 Å². The van der Waals surface area contributed by atoms with Crippen LogP contribution >= 0.6 is 15.9 Å². The zero-order valence-electron chi connectivity index (χ0n) is 9.79. The van der Waals surface area contributed by atoms with Crippen molar-refractivity contribution in [2.75, 3.05) is 6.54 Å². The van der Waals surface area contributed by atoms with Gasteiger partial charge in [-0.2, -0.15) is 0 Å². The lowest BCUT2D eigenvalue weighted by Gasteiger charge is -2.17. The van der Waals surface area contributed by atoms with Gasteiger partial charge in [-0.15, -0.1) is 0 Å². The van der Waals surface area contributed by atoms with E-state index in [2.05, 4.69) is 39.9 Å². The summed E-state index contributed by atoms with van der Waals surface area (Å²) in [6.07, 6.45) is 2.01. The Morgan fingerprint density at radius 2 is 2.29 bits per heavy atom. The van der Waals surface area contributed by atoms with Gasteiger partial charge in [0.05, 0.1) is 0 Å². The lowest BCUT2D eigenvalue weighted by molar-refractivity contribution is -0.125. The van der Waals surface area contributed by atoms with E-state index in [-0.39, 0.29) is 5.91 Å². The first kappa shape index (κ1) is 12.2. The van der Waals surface area contributed by atoms with Crippen LogP contribution in [0.2, 0.25) is 0 Å². The Labute approximate surface area is 110 Å². The van der Waals surface area contributed by atoms with Gasteiger partial charge in [-0.3, -0.25) is 4.79 Å². The molecule has 1 aromatic rings. The summed E-state index contributed by atoms with van der Waals surface area (Å²) in [5.41, 5.74) is 2.55. The molecule has 0 aromatic heterocycles. The molecule has 1 aliphatic rings. The summed E-state index contributed by atoms with van der Waals surface area (Å²) >= 11 is 3.57. The minimum absolute atomic E-state index is 0.0691. The van der Waals surface area contributed by atoms with E-state index in [9.17, 15) is 4.79 Å². The van der Waals surface area contributed by atoms with Crippen LogP contribution in [-0.4, -0.2) is 17.4 Å². The molecule has 2 nitrogen and oxygen atoms in total. The fourth-order valence-electron chi connectivity index (χ4n) is 2.12. The molecule has 0 aliphatic carbocycles. The molecular weight excluding hydrogens is 278 g/mol. The summed E-state index contributed by atoms with van der Waals surface area (Å²) < 4.78 is 1.14. The SMILES string of the molecule is CC#CC(=O)N1CCCc2c(Br)cccc2C1. The van der Waals surface area contributed by atoms with Gasteiger partial charge in [0.2, 0.25) is 0 Å². The molecule has 0 atom stereocenters. The quantitative estimate of drug-likeness (QED) is 0.673. The second-order valence-corrected chi connectivity index (χ2v) is 4.94. The third-order valence-corrected chi connectivity index (χ3v) is 3.69. The van der Waals surface area contributed by atoms with Crippen molar-refractivity contribution < 1.29 is 4.79 Å². The Bertz CT molecular complexity index is 499. The van der Waals surface area contributed by atoms with E-state index in [1.165, 1.54) is 11.1 Å². The van der Waals surface area contributed by atoms with Crippen molar-refractivity contribution >= 4 is 21.8 Å². The van der Waals surface area contributed by atoms with Crippen LogP contribution in [0.15, 0.2) is 22.7 Å². The van der Waals surface area contributed by atoms with Crippen LogP contribution in [0.25, 0.3) is 0 Å². The van der Waals surface area contributed by atoms with Crippen LogP contribution in [0.3, 0.4) is 0 Å². The lowest BCUT2D eigenvalue weighted by Crippen LogP contribution is -2.29. The van der Waals surface area contributed by atoms with E-state index in [0.717, 1.165) is 23.9 Å². The standard InChI is InChI=1S/C14H14BrNO/c1-2-5-14(17)16-9-4-7-12-11(10-16)6-3-8-13(12)15/h3,6,8H,4,7,9-10H2,1H3. The van der Waals surface area contributed by atoms with Gasteiger partial charge in [-0.1, -0.05) is 34.0 Å². The molecule has 2 rings (SSSR count). The number of carbonyl (C=O) groups excluding carboxylic acids is 1. The highest BCUT2D eigenvalue weighted by Crippen LogP contribution is 2.25. The second-order valence-electron chi connectivity index (χ2n) is 4.08. The molecule has 88 valence electrons. The Morgan fingerprint density at radius 1 is 1.47 bits per heavy atom. The third kappa shape index (κ3) is 2.70. The number of amides is 1. The van der Waals surface area contributed by atoms with Gasteiger partial charge >= 0.3 is 0 Å². The summed E-state index contributed by atoms with van der Waals surface area (Å²) in [5.74, 6) is 5.21. The van der Waals surface area contributed by atoms with Crippen LogP contribution in [0, 0.1) is 11.8 Å². The maximum atomic E-state index is 11.8. The molecule has 17 heavy (non-hydrogen) atoms. The van der Waals surface area contributed by atoms with E-state index in [1.807, 2.05) is 11.0 Å². The number of hydrogen-bond acceptors (Lipinski definition) is 1. The second kappa shape index (κ2) is 5.37. The van der Waals surface area contributed by atoms with Crippen LogP contribution in [0.1, 0.15) is 24.5 Å². The predicted molar refractivity (Wildman–Crippen MR) is 71.3 cm³/mol. The number of nitrogens with zero attached hydrogens (tertiary/aromatic N) is 1. The predicted octanol–water partition coefficient (Wildman–Crippen LogP) is 2.75. The number of benzene rings is 1. The number of fused-ring (bicyclic) bond motifs is 1. The minimum atomic E-state index is -0.0691. The Kier molecular flexibility index (Phi) is 3.86. The summed E-state index contributed by atoms with van der Waals surface area (Å²) in [5, 5.41) is 0. The van der Waals surface area contributed by atoms with Gasteiger partial charge < -0.3 is 4.90 Å². The average molecular weight is 292 g/mol. The molecule has 1 aliphatic heterocycles. The van der Waals surface area contributed by atoms with Crippen molar-refractivity contribution in [2.45, 2.75) is 26.3 Å². The molecule has 0 saturated heterocycles. The van der Waals surface area contributed by atoms with Crippen LogP contribution < -0.4 is 0 Å². The lowest BCUT2D eigenvalue weighted by atomic mass is 10.0. The highest BCUT2D eigenvalue weighted by molar-refractivity contribution is 9.10. The van der Waals surface area contributed by atoms with Crippen molar-refractivity contribution in [3.63, 3.8) is 0 Å². The normalized spacial score (nSPS) is 14.4. The molecule has 0 fully saturated rings. The molecular formula is C14H14BrNO. The summed E-state index contributed by atoms with van der Waals surface area (Å²) in [4.78, 5) is 13.6. The van der Waals surface area contributed by atoms with Gasteiger partial charge in [-0.25, -0.2) is 0 Å². The van der Waals surface area contributed by atoms with E-state index in [4.69, 9.17) is 0 Å². The van der Waals surface area contributed by atoms with E-state index < -0.39 is 0 Å². The number of rotatable bonds is 0. The number of carbonyl (C=O) groups is 1. The molecule has 0 bridgehead atoms. The van der Waals surface area contributed by atoms with Gasteiger partial charge in [0.25, 0.3) is 5.91 Å². The van der Waals surface area contributed by atoms with Gasteiger partial charge in [0, 0.05) is 17.6 Å². The fourth-order valence-corrected chi connectivity index (χ4v) is 2.73. The molecule has 0 spiro atoms. The number of halogens is 1. The monoisotopic (exact) mass is 291 g/mol. The zero-order valence-corrected chi connectivity index (χ0v) is 11.4. The molecule has 0 N–H and O–H groups in total. The largest absolute Gasteiger partial charge is 0.328 e. The first-order chi connectivity index (χ1) is 8.22. The first-order valence-electron chi connectivity index (χ1n) is 5.70. The highest BCUT2D eigenvalue weighted by atomic mass is 79.9. The van der Waals surface area contributed by atoms with Crippen molar-refractivity contribution in [3.05, 3.63) is 33.8 Å². The van der Waals surface area contributed by atoms with Gasteiger partial charge in [0.15, 0.2) is 0 Å². The average Bonchev–Trinajstić information content (AvgIpc) is 2.52. The smallest absolute Gasteiger partial charge is 0.298 e. The van der Waals surface area contributed by atoms with Crippen molar-refractivity contribution in [3.8, 4) is 11.8 Å². The van der Waals surface area contributed by atoms with Crippen molar-refractivity contribution in [2.24, 2.45) is 0 Å². The zero-order chi connectivity index (χ0) is 12.3. The van der Waals surface area contributed by atoms with E-state index in [1.54, 1.807) is 6.92 Å². The van der Waals surface area contributed by atoms with Crippen LogP contribution in [0.4, 0.5) is 0 Å². The summed E-state index contributed by atoms with van der Waals surface area (Å²) in [6.45, 7) is 3.15. The maximum absolute atomic E-state index is 11.8. The van der Waals surface area contributed by atoms with Gasteiger partial charge in [0.1, 0.15) is 0 Å². The van der Waals surface area contributed by atoms with E-state index >= 15 is 0 Å². The number of hydrogen-bond donors (Lipinski definition) is 0. The van der Waals surface area contributed by atoms with Crippen molar-refractivity contribution in [1.29, 1.82) is 0 Å². The topological polar surface area (TPSA) is 20.3 Å². The molecule has 1 aromatic carbocycles. The Morgan fingerprint density at radius 3 is 3.06 bits per heavy atom. The first-order valence-corrected chi connectivity index (χ1v) is 6.49. The third-order valence-electron chi connectivity index (χ3n) is 2.95. The molecule has 0 unspecified atom stereocenters. The Balaban J connectivity index is 2.28. The maximum Gasteiger partial charge on any atom is 0.298 e. The summed E-state index contributed by atoms with van der Waals surface area (Å²) in [6, 6.07) is 6.16. The van der Waals surface area contributed by atoms with Crippen molar-refractivity contribution in [1.82, 2.24) is 4.90 Å². The molecule has 0 saturated carbocycles. The fraction of sp³-hybridized carbons (Fsp3) is 0.357. The van der Waals surface area contributed by atoms with Crippen LogP contribution in [0.5, 0.6) is 0 Å². The molecule has 1 heterocycles. The highest BCUT2D eigenvalue weighted by Gasteiger charge is 2.18. The summed E-state index contributed by atoms with van der Waals surface area (Å²) in [7, 11) is 0. The minimum Gasteiger partial charge on any atom is -0.328 e. The van der Waals surface area contributed by atoms with Gasteiger partial charge in [-0.05, 0) is 42.9 Å². The van der Waals surface area contributed by atoms with Crippen LogP contribution in [-0.2, 0) is 17.8 Å².